The van der Waals surface area contributed by atoms with E-state index in [-0.39, 0.29) is 16.2 Å². The third kappa shape index (κ3) is 4.95. The van der Waals surface area contributed by atoms with Crippen LogP contribution >= 0.6 is 12.2 Å². The van der Waals surface area contributed by atoms with Crippen LogP contribution in [0.25, 0.3) is 0 Å². The summed E-state index contributed by atoms with van der Waals surface area (Å²) in [5.74, 6) is 0.934. The highest BCUT2D eigenvalue weighted by Gasteiger charge is 2.13. The number of ether oxygens (including phenoxy) is 2. The predicted octanol–water partition coefficient (Wildman–Crippen LogP) is 4.27. The first-order valence-electron chi connectivity index (χ1n) is 9.53. The van der Waals surface area contributed by atoms with Gasteiger partial charge in [0.15, 0.2) is 4.77 Å². The van der Waals surface area contributed by atoms with Gasteiger partial charge in [0.1, 0.15) is 22.7 Å². The third-order valence-electron chi connectivity index (χ3n) is 4.97. The van der Waals surface area contributed by atoms with Gasteiger partial charge in [0, 0.05) is 18.8 Å². The van der Waals surface area contributed by atoms with Gasteiger partial charge in [-0.15, -0.1) is 0 Å². The van der Waals surface area contributed by atoms with E-state index in [1.807, 2.05) is 0 Å². The van der Waals surface area contributed by atoms with Crippen molar-refractivity contribution in [3.8, 4) is 17.4 Å². The lowest BCUT2D eigenvalue weighted by Gasteiger charge is -2.15. The number of H-pyrrole nitrogens is 1. The number of hydrogen-bond acceptors (Lipinski definition) is 6. The highest BCUT2D eigenvalue weighted by molar-refractivity contribution is 7.71. The maximum absolute atomic E-state index is 12.4. The first-order valence-corrected chi connectivity index (χ1v) is 9.94. The number of hydrogen-bond donors (Lipinski definition) is 2. The van der Waals surface area contributed by atoms with Crippen LogP contribution in [0.1, 0.15) is 37.7 Å². The van der Waals surface area contributed by atoms with Crippen molar-refractivity contribution in [2.45, 2.75) is 38.6 Å². The zero-order valence-electron chi connectivity index (χ0n) is 16.6. The number of aromatic amines is 1. The van der Waals surface area contributed by atoms with Gasteiger partial charge in [-0.2, -0.15) is 0 Å². The Morgan fingerprint density at radius 2 is 2.14 bits per heavy atom. The van der Waals surface area contributed by atoms with Crippen LogP contribution < -0.4 is 15.0 Å². The standard InChI is InChI=1S/C21H25N3O4S/c1-27-15-8-9-18(28-2)17(12-15)22-13-16-19(25)23-21(29)24(20(16)26)11-10-14-6-4-3-5-7-14/h6,8-9,12-13,26H,3-5,7,10-11H2,1-2H3,(H,23,25,29). The maximum atomic E-state index is 12.4. The van der Waals surface area contributed by atoms with Gasteiger partial charge in [0.25, 0.3) is 5.56 Å². The molecule has 1 heterocycles. The first kappa shape index (κ1) is 20.9. The monoisotopic (exact) mass is 415 g/mol. The molecule has 0 atom stereocenters. The summed E-state index contributed by atoms with van der Waals surface area (Å²) in [6.07, 6.45) is 8.94. The minimum absolute atomic E-state index is 0.0427. The summed E-state index contributed by atoms with van der Waals surface area (Å²) in [7, 11) is 3.09. The van der Waals surface area contributed by atoms with Gasteiger partial charge in [0.05, 0.1) is 14.2 Å². The van der Waals surface area contributed by atoms with Gasteiger partial charge in [-0.3, -0.25) is 19.3 Å². The molecule has 0 saturated heterocycles. The highest BCUT2D eigenvalue weighted by Crippen LogP contribution is 2.31. The fourth-order valence-corrected chi connectivity index (χ4v) is 3.59. The van der Waals surface area contributed by atoms with Crippen molar-refractivity contribution >= 4 is 24.1 Å². The third-order valence-corrected chi connectivity index (χ3v) is 5.29. The molecule has 0 spiro atoms. The number of nitrogens with one attached hydrogen (secondary N) is 1. The van der Waals surface area contributed by atoms with E-state index in [1.54, 1.807) is 25.3 Å². The lowest BCUT2D eigenvalue weighted by atomic mass is 9.97. The highest BCUT2D eigenvalue weighted by atomic mass is 32.1. The molecule has 7 nitrogen and oxygen atoms in total. The van der Waals surface area contributed by atoms with Gasteiger partial charge in [-0.05, 0) is 56.5 Å². The molecule has 29 heavy (non-hydrogen) atoms. The molecule has 2 N–H and O–H groups in total. The molecule has 0 fully saturated rings. The van der Waals surface area contributed by atoms with E-state index >= 15 is 0 Å². The Kier molecular flexibility index (Phi) is 6.87. The Hall–Kier alpha value is -2.87. The van der Waals surface area contributed by atoms with Crippen LogP contribution in [0.4, 0.5) is 5.69 Å². The zero-order valence-corrected chi connectivity index (χ0v) is 17.4. The summed E-state index contributed by atoms with van der Waals surface area (Å²) in [6.45, 7) is 0.497. The maximum Gasteiger partial charge on any atom is 0.264 e. The molecule has 0 amide bonds. The predicted molar refractivity (Wildman–Crippen MR) is 116 cm³/mol. The van der Waals surface area contributed by atoms with Gasteiger partial charge >= 0.3 is 0 Å². The van der Waals surface area contributed by atoms with Crippen LogP contribution in [0.2, 0.25) is 0 Å². The fraction of sp³-hybridized carbons (Fsp3) is 0.381. The lowest BCUT2D eigenvalue weighted by molar-refractivity contribution is 0.401. The van der Waals surface area contributed by atoms with E-state index in [4.69, 9.17) is 21.7 Å². The number of allylic oxidation sites excluding steroid dienone is 2. The van der Waals surface area contributed by atoms with Crippen molar-refractivity contribution in [2.75, 3.05) is 14.2 Å². The average Bonchev–Trinajstić information content (AvgIpc) is 2.73. The molecule has 1 aliphatic carbocycles. The Bertz CT molecular complexity index is 1050. The van der Waals surface area contributed by atoms with Crippen molar-refractivity contribution in [3.05, 3.63) is 50.5 Å². The Morgan fingerprint density at radius 3 is 2.83 bits per heavy atom. The van der Waals surface area contributed by atoms with Crippen LogP contribution in [0.5, 0.6) is 17.4 Å². The molecule has 3 rings (SSSR count). The second kappa shape index (κ2) is 9.56. The SMILES string of the molecule is COc1ccc(OC)c(N=Cc2c(O)n(CCC3=CCCCC3)c(=S)[nH]c2=O)c1. The first-order chi connectivity index (χ1) is 14.0. The number of nitrogens with zero attached hydrogens (tertiary/aromatic N) is 2. The van der Waals surface area contributed by atoms with Crippen molar-refractivity contribution in [2.24, 2.45) is 4.99 Å². The summed E-state index contributed by atoms with van der Waals surface area (Å²) in [5, 5.41) is 10.7. The molecule has 2 aromatic rings. The van der Waals surface area contributed by atoms with Gasteiger partial charge in [-0.25, -0.2) is 0 Å². The number of aliphatic imine (C=N–C) groups is 1. The molecule has 0 unspecified atom stereocenters. The normalized spacial score (nSPS) is 14.1. The quantitative estimate of drug-likeness (QED) is 0.400. The van der Waals surface area contributed by atoms with E-state index in [2.05, 4.69) is 16.1 Å². The summed E-state index contributed by atoms with van der Waals surface area (Å²) in [6, 6.07) is 5.16. The minimum Gasteiger partial charge on any atom is -0.497 e. The molecule has 0 radical (unpaired) electrons. The molecular formula is C21H25N3O4S. The number of rotatable bonds is 7. The zero-order chi connectivity index (χ0) is 20.8. The molecule has 154 valence electrons. The molecular weight excluding hydrogens is 390 g/mol. The van der Waals surface area contributed by atoms with Crippen molar-refractivity contribution < 1.29 is 14.6 Å². The van der Waals surface area contributed by atoms with Gasteiger partial charge in [0.2, 0.25) is 5.88 Å². The number of benzene rings is 1. The molecule has 8 heteroatoms. The Balaban J connectivity index is 1.91. The van der Waals surface area contributed by atoms with E-state index in [0.717, 1.165) is 19.3 Å². The number of aromatic hydroxyl groups is 1. The summed E-state index contributed by atoms with van der Waals surface area (Å²) >= 11 is 5.25. The van der Waals surface area contributed by atoms with E-state index in [0.29, 0.717) is 23.7 Å². The topological polar surface area (TPSA) is 88.8 Å². The largest absolute Gasteiger partial charge is 0.497 e. The Labute approximate surface area is 174 Å². The van der Waals surface area contributed by atoms with Crippen LogP contribution in [0.15, 0.2) is 39.6 Å². The number of methoxy groups -OCH3 is 2. The van der Waals surface area contributed by atoms with Gasteiger partial charge in [-0.1, -0.05) is 11.6 Å². The molecule has 1 aromatic heterocycles. The van der Waals surface area contributed by atoms with Crippen LogP contribution in [-0.4, -0.2) is 35.1 Å². The van der Waals surface area contributed by atoms with Crippen LogP contribution in [0, 0.1) is 4.77 Å². The smallest absolute Gasteiger partial charge is 0.264 e. The molecule has 0 aliphatic heterocycles. The summed E-state index contributed by atoms with van der Waals surface area (Å²) < 4.78 is 12.2. The molecule has 0 saturated carbocycles. The van der Waals surface area contributed by atoms with Crippen molar-refractivity contribution in [1.29, 1.82) is 0 Å². The second-order valence-electron chi connectivity index (χ2n) is 6.80. The summed E-state index contributed by atoms with van der Waals surface area (Å²) in [4.78, 5) is 19.3. The summed E-state index contributed by atoms with van der Waals surface area (Å²) in [5.41, 5.74) is 1.39. The molecule has 1 aliphatic rings. The lowest BCUT2D eigenvalue weighted by Crippen LogP contribution is -2.19. The molecule has 1 aromatic carbocycles. The number of aromatic nitrogens is 2. The van der Waals surface area contributed by atoms with Crippen molar-refractivity contribution in [3.63, 3.8) is 0 Å². The van der Waals surface area contributed by atoms with Crippen LogP contribution in [-0.2, 0) is 6.54 Å². The van der Waals surface area contributed by atoms with Gasteiger partial charge < -0.3 is 14.6 Å². The van der Waals surface area contributed by atoms with E-state index in [1.165, 1.54) is 36.3 Å². The Morgan fingerprint density at radius 1 is 1.31 bits per heavy atom. The average molecular weight is 416 g/mol. The second-order valence-corrected chi connectivity index (χ2v) is 7.19. The van der Waals surface area contributed by atoms with E-state index in [9.17, 15) is 9.90 Å². The van der Waals surface area contributed by atoms with E-state index < -0.39 is 5.56 Å². The minimum atomic E-state index is -0.494. The molecule has 0 bridgehead atoms. The fourth-order valence-electron chi connectivity index (χ4n) is 3.32. The van der Waals surface area contributed by atoms with Crippen LogP contribution in [0.3, 0.4) is 0 Å². The van der Waals surface area contributed by atoms with Crippen molar-refractivity contribution in [1.82, 2.24) is 9.55 Å².